The van der Waals surface area contributed by atoms with Crippen LogP contribution in [0.1, 0.15) is 34.3 Å². The molecule has 120 valence electrons. The molecule has 6 heteroatoms. The molecule has 1 aromatic carbocycles. The van der Waals surface area contributed by atoms with Crippen molar-refractivity contribution in [2.24, 2.45) is 0 Å². The first-order chi connectivity index (χ1) is 11.1. The Bertz CT molecular complexity index is 727. The lowest BCUT2D eigenvalue weighted by atomic mass is 10.1. The summed E-state index contributed by atoms with van der Waals surface area (Å²) in [6.45, 7) is 4.97. The number of carbonyl (C=O) groups is 2. The van der Waals surface area contributed by atoms with Gasteiger partial charge in [0.25, 0.3) is 5.91 Å². The molecule has 5 nitrogen and oxygen atoms in total. The maximum Gasteiger partial charge on any atom is 0.261 e. The van der Waals surface area contributed by atoms with Gasteiger partial charge in [0, 0.05) is 30.1 Å². The molecular formula is C17H19N3O2S. The molecule has 2 amide bonds. The minimum Gasteiger partial charge on any atom is -0.324 e. The second-order valence-corrected chi connectivity index (χ2v) is 6.62. The highest BCUT2D eigenvalue weighted by Crippen LogP contribution is 2.23. The minimum absolute atomic E-state index is 0.0967. The second-order valence-electron chi connectivity index (χ2n) is 5.75. The van der Waals surface area contributed by atoms with Crippen LogP contribution in [0.15, 0.2) is 29.8 Å². The summed E-state index contributed by atoms with van der Waals surface area (Å²) in [5, 5.41) is 2.45. The summed E-state index contributed by atoms with van der Waals surface area (Å²) in [5.41, 5.74) is 2.85. The van der Waals surface area contributed by atoms with Crippen molar-refractivity contribution in [2.75, 3.05) is 18.1 Å². The Morgan fingerprint density at radius 2 is 2.17 bits per heavy atom. The van der Waals surface area contributed by atoms with Gasteiger partial charge in [0.1, 0.15) is 6.67 Å². The van der Waals surface area contributed by atoms with Crippen molar-refractivity contribution >= 4 is 28.3 Å². The molecule has 0 aliphatic carbocycles. The minimum atomic E-state index is -0.122. The van der Waals surface area contributed by atoms with Gasteiger partial charge in [-0.2, -0.15) is 0 Å². The van der Waals surface area contributed by atoms with Gasteiger partial charge in [-0.3, -0.25) is 14.5 Å². The van der Waals surface area contributed by atoms with Crippen LogP contribution in [0.5, 0.6) is 0 Å². The van der Waals surface area contributed by atoms with Crippen molar-refractivity contribution in [1.29, 1.82) is 0 Å². The Hall–Kier alpha value is -2.21. The van der Waals surface area contributed by atoms with Crippen LogP contribution in [0.4, 0.5) is 5.13 Å². The molecular weight excluding hydrogens is 310 g/mol. The first kappa shape index (κ1) is 15.7. The molecule has 1 aromatic heterocycles. The molecule has 1 aliphatic rings. The van der Waals surface area contributed by atoms with E-state index in [1.807, 2.05) is 37.4 Å². The fourth-order valence-electron chi connectivity index (χ4n) is 2.62. The number of benzene rings is 1. The third-order valence-corrected chi connectivity index (χ3v) is 4.93. The van der Waals surface area contributed by atoms with Gasteiger partial charge >= 0.3 is 0 Å². The lowest BCUT2D eigenvalue weighted by Gasteiger charge is -2.26. The van der Waals surface area contributed by atoms with Crippen molar-refractivity contribution in [2.45, 2.75) is 26.7 Å². The lowest BCUT2D eigenvalue weighted by molar-refractivity contribution is -0.127. The summed E-state index contributed by atoms with van der Waals surface area (Å²) in [6, 6.07) is 5.67. The monoisotopic (exact) mass is 329 g/mol. The third kappa shape index (κ3) is 3.27. The Labute approximate surface area is 139 Å². The molecule has 1 aliphatic heterocycles. The molecule has 23 heavy (non-hydrogen) atoms. The molecule has 0 bridgehead atoms. The quantitative estimate of drug-likeness (QED) is 0.866. The summed E-state index contributed by atoms with van der Waals surface area (Å²) in [5.74, 6) is -0.0257. The van der Waals surface area contributed by atoms with Crippen LogP contribution in [0.25, 0.3) is 0 Å². The Balaban J connectivity index is 1.89. The lowest BCUT2D eigenvalue weighted by Crippen LogP contribution is -2.42. The van der Waals surface area contributed by atoms with Crippen LogP contribution in [-0.2, 0) is 4.79 Å². The van der Waals surface area contributed by atoms with Gasteiger partial charge in [0.15, 0.2) is 5.13 Å². The van der Waals surface area contributed by atoms with E-state index in [0.29, 0.717) is 23.7 Å². The molecule has 0 atom stereocenters. The standard InChI is InChI=1S/C17H19N3O2S/c1-12-5-6-14(10-13(12)2)16(22)20(17-18-7-9-23-17)11-19-8-3-4-15(19)21/h5-7,9-10H,3-4,8,11H2,1-2H3. The van der Waals surface area contributed by atoms with E-state index in [1.54, 1.807) is 16.0 Å². The van der Waals surface area contributed by atoms with Gasteiger partial charge in [-0.05, 0) is 43.5 Å². The summed E-state index contributed by atoms with van der Waals surface area (Å²) in [4.78, 5) is 32.4. The van der Waals surface area contributed by atoms with Gasteiger partial charge in [0.05, 0.1) is 0 Å². The average Bonchev–Trinajstić information content (AvgIpc) is 3.19. The van der Waals surface area contributed by atoms with Crippen LogP contribution in [0, 0.1) is 13.8 Å². The predicted molar refractivity (Wildman–Crippen MR) is 90.7 cm³/mol. The first-order valence-electron chi connectivity index (χ1n) is 7.62. The molecule has 1 saturated heterocycles. The number of aromatic nitrogens is 1. The van der Waals surface area contributed by atoms with Gasteiger partial charge < -0.3 is 4.90 Å². The van der Waals surface area contributed by atoms with Crippen LogP contribution in [0.2, 0.25) is 0 Å². The van der Waals surface area contributed by atoms with Crippen molar-refractivity contribution in [3.8, 4) is 0 Å². The van der Waals surface area contributed by atoms with Crippen LogP contribution in [0.3, 0.4) is 0 Å². The number of aryl methyl sites for hydroxylation is 2. The Morgan fingerprint density at radius 3 is 2.78 bits per heavy atom. The van der Waals surface area contributed by atoms with Gasteiger partial charge in [-0.15, -0.1) is 11.3 Å². The highest BCUT2D eigenvalue weighted by molar-refractivity contribution is 7.13. The number of anilines is 1. The summed E-state index contributed by atoms with van der Waals surface area (Å²) in [7, 11) is 0. The molecule has 3 rings (SSSR count). The number of nitrogens with zero attached hydrogens (tertiary/aromatic N) is 3. The summed E-state index contributed by atoms with van der Waals surface area (Å²) in [6.07, 6.45) is 3.08. The van der Waals surface area contributed by atoms with Crippen molar-refractivity contribution in [1.82, 2.24) is 9.88 Å². The van der Waals surface area contributed by atoms with E-state index in [-0.39, 0.29) is 18.5 Å². The average molecular weight is 329 g/mol. The molecule has 2 heterocycles. The van der Waals surface area contributed by atoms with E-state index in [1.165, 1.54) is 11.3 Å². The van der Waals surface area contributed by atoms with Crippen molar-refractivity contribution in [3.63, 3.8) is 0 Å². The topological polar surface area (TPSA) is 53.5 Å². The zero-order valence-corrected chi connectivity index (χ0v) is 14.1. The molecule has 0 N–H and O–H groups in total. The largest absolute Gasteiger partial charge is 0.324 e. The molecule has 0 saturated carbocycles. The number of rotatable bonds is 4. The smallest absolute Gasteiger partial charge is 0.261 e. The maximum absolute atomic E-state index is 13.0. The van der Waals surface area contributed by atoms with E-state index < -0.39 is 0 Å². The van der Waals surface area contributed by atoms with Gasteiger partial charge in [-0.1, -0.05) is 6.07 Å². The molecule has 0 radical (unpaired) electrons. The third-order valence-electron chi connectivity index (χ3n) is 4.13. The number of hydrogen-bond donors (Lipinski definition) is 0. The van der Waals surface area contributed by atoms with Crippen molar-refractivity contribution < 1.29 is 9.59 Å². The number of hydrogen-bond acceptors (Lipinski definition) is 4. The summed E-state index contributed by atoms with van der Waals surface area (Å²) >= 11 is 1.40. The van der Waals surface area contributed by atoms with E-state index >= 15 is 0 Å². The van der Waals surface area contributed by atoms with Gasteiger partial charge in [0.2, 0.25) is 5.91 Å². The Morgan fingerprint density at radius 1 is 1.35 bits per heavy atom. The van der Waals surface area contributed by atoms with Gasteiger partial charge in [-0.25, -0.2) is 4.98 Å². The first-order valence-corrected chi connectivity index (χ1v) is 8.50. The summed E-state index contributed by atoms with van der Waals surface area (Å²) < 4.78 is 0. The van der Waals surface area contributed by atoms with E-state index in [9.17, 15) is 9.59 Å². The number of amides is 2. The highest BCUT2D eigenvalue weighted by Gasteiger charge is 2.27. The van der Waals surface area contributed by atoms with Crippen LogP contribution >= 0.6 is 11.3 Å². The Kier molecular flexibility index (Phi) is 4.43. The normalized spacial score (nSPS) is 14.3. The number of thiazole rings is 1. The fraction of sp³-hybridized carbons (Fsp3) is 0.353. The van der Waals surface area contributed by atoms with E-state index in [2.05, 4.69) is 4.98 Å². The van der Waals surface area contributed by atoms with Crippen molar-refractivity contribution in [3.05, 3.63) is 46.5 Å². The van der Waals surface area contributed by atoms with Crippen LogP contribution < -0.4 is 4.90 Å². The van der Waals surface area contributed by atoms with E-state index in [0.717, 1.165) is 17.5 Å². The second kappa shape index (κ2) is 6.50. The highest BCUT2D eigenvalue weighted by atomic mass is 32.1. The zero-order valence-electron chi connectivity index (χ0n) is 13.3. The predicted octanol–water partition coefficient (Wildman–Crippen LogP) is 2.99. The van der Waals surface area contributed by atoms with Crippen LogP contribution in [-0.4, -0.2) is 34.9 Å². The zero-order chi connectivity index (χ0) is 16.4. The molecule has 1 fully saturated rings. The molecule has 0 spiro atoms. The maximum atomic E-state index is 13.0. The molecule has 0 unspecified atom stereocenters. The number of likely N-dealkylation sites (tertiary alicyclic amines) is 1. The molecule has 2 aromatic rings. The number of carbonyl (C=O) groups excluding carboxylic acids is 2. The fourth-order valence-corrected chi connectivity index (χ4v) is 3.25. The SMILES string of the molecule is Cc1ccc(C(=O)N(CN2CCCC2=O)c2nccs2)cc1C. The van der Waals surface area contributed by atoms with E-state index in [4.69, 9.17) is 0 Å².